The minimum Gasteiger partial charge on any atom is -0.494 e. The van der Waals surface area contributed by atoms with Crippen LogP contribution >= 0.6 is 0 Å². The van der Waals surface area contributed by atoms with E-state index < -0.39 is 5.91 Å². The molecule has 0 spiro atoms. The number of methoxy groups -OCH3 is 1. The highest BCUT2D eigenvalue weighted by Gasteiger charge is 2.31. The van der Waals surface area contributed by atoms with Gasteiger partial charge in [0.05, 0.1) is 30.1 Å². The number of benzene rings is 1. The van der Waals surface area contributed by atoms with Gasteiger partial charge < -0.3 is 20.3 Å². The molecular weight excluding hydrogens is 440 g/mol. The number of amides is 3. The Hall–Kier alpha value is -4.73. The van der Waals surface area contributed by atoms with Crippen molar-refractivity contribution in [2.24, 2.45) is 7.05 Å². The van der Waals surface area contributed by atoms with Crippen LogP contribution in [0.25, 0.3) is 11.4 Å². The maximum Gasteiger partial charge on any atom is 0.326 e. The molecule has 0 saturated carbocycles. The third-order valence-corrected chi connectivity index (χ3v) is 5.19. The molecule has 1 aliphatic heterocycles. The molecule has 1 aliphatic rings. The number of urea groups is 1. The van der Waals surface area contributed by atoms with Gasteiger partial charge in [0, 0.05) is 33.3 Å². The fraction of sp³-hybridized carbons (Fsp3) is 0.286. The Morgan fingerprint density at radius 3 is 2.76 bits per heavy atom. The monoisotopic (exact) mass is 462 g/mol. The molecule has 1 aromatic carbocycles. The number of anilines is 3. The van der Waals surface area contributed by atoms with Gasteiger partial charge in [-0.25, -0.2) is 9.78 Å². The number of carbonyl (C=O) groups excluding carboxylic acids is 2. The summed E-state index contributed by atoms with van der Waals surface area (Å²) in [6, 6.07) is 8.58. The molecule has 13 heteroatoms. The number of hydrogen-bond acceptors (Lipinski definition) is 9. The van der Waals surface area contributed by atoms with Gasteiger partial charge in [-0.1, -0.05) is 6.07 Å². The highest BCUT2D eigenvalue weighted by Crippen LogP contribution is 2.37. The standard InChI is InChI=1S/C21H22N10O3/c1-23-20(32)17-15(11-16(26-27-17)31-10-9-30(8-7-22)21(31)33)25-14-6-4-5-13(18(14)34-3)19-24-12-29(2)28-19/h4-6,11-12H,8-10H2,1-3H3,(H,23,32)(H,25,26). The van der Waals surface area contributed by atoms with Crippen LogP contribution in [0.2, 0.25) is 0 Å². The Kier molecular flexibility index (Phi) is 6.22. The summed E-state index contributed by atoms with van der Waals surface area (Å²) >= 11 is 0. The Labute approximate surface area is 195 Å². The first-order valence-electron chi connectivity index (χ1n) is 10.3. The second kappa shape index (κ2) is 9.41. The van der Waals surface area contributed by atoms with Gasteiger partial charge in [-0.05, 0) is 12.1 Å². The highest BCUT2D eigenvalue weighted by molar-refractivity contribution is 6.00. The van der Waals surface area contributed by atoms with Crippen molar-refractivity contribution < 1.29 is 14.3 Å². The van der Waals surface area contributed by atoms with Crippen LogP contribution < -0.4 is 20.3 Å². The molecule has 0 aliphatic carbocycles. The summed E-state index contributed by atoms with van der Waals surface area (Å²) in [5.74, 6) is 0.736. The van der Waals surface area contributed by atoms with Crippen LogP contribution in [0, 0.1) is 11.3 Å². The van der Waals surface area contributed by atoms with Crippen molar-refractivity contribution in [1.82, 2.24) is 35.2 Å². The first kappa shape index (κ1) is 22.5. The summed E-state index contributed by atoms with van der Waals surface area (Å²) in [4.78, 5) is 32.2. The molecule has 0 bridgehead atoms. The molecule has 174 valence electrons. The van der Waals surface area contributed by atoms with Crippen molar-refractivity contribution in [1.29, 1.82) is 5.26 Å². The lowest BCUT2D eigenvalue weighted by Gasteiger charge is -2.19. The Bertz CT molecular complexity index is 1280. The summed E-state index contributed by atoms with van der Waals surface area (Å²) < 4.78 is 7.22. The van der Waals surface area contributed by atoms with E-state index in [0.717, 1.165) is 0 Å². The molecular formula is C21H22N10O3. The van der Waals surface area contributed by atoms with Crippen molar-refractivity contribution >= 4 is 29.1 Å². The van der Waals surface area contributed by atoms with Gasteiger partial charge in [-0.3, -0.25) is 14.4 Å². The number of ether oxygens (including phenoxy) is 1. The average molecular weight is 462 g/mol. The summed E-state index contributed by atoms with van der Waals surface area (Å²) in [5, 5.41) is 27.1. The third kappa shape index (κ3) is 4.16. The van der Waals surface area contributed by atoms with Crippen molar-refractivity contribution in [2.75, 3.05) is 44.0 Å². The topological polar surface area (TPSA) is 154 Å². The van der Waals surface area contributed by atoms with E-state index in [1.807, 2.05) is 12.1 Å². The number of nitrogens with one attached hydrogen (secondary N) is 2. The van der Waals surface area contributed by atoms with Crippen LogP contribution in [0.5, 0.6) is 5.75 Å². The van der Waals surface area contributed by atoms with Crippen LogP contribution in [-0.4, -0.2) is 75.6 Å². The summed E-state index contributed by atoms with van der Waals surface area (Å²) in [5.41, 5.74) is 1.55. The van der Waals surface area contributed by atoms with Crippen LogP contribution in [0.15, 0.2) is 30.6 Å². The largest absolute Gasteiger partial charge is 0.494 e. The molecule has 0 unspecified atom stereocenters. The van der Waals surface area contributed by atoms with E-state index in [1.54, 1.807) is 36.3 Å². The van der Waals surface area contributed by atoms with E-state index in [-0.39, 0.29) is 24.1 Å². The van der Waals surface area contributed by atoms with Crippen LogP contribution in [0.4, 0.5) is 22.0 Å². The fourth-order valence-corrected chi connectivity index (χ4v) is 3.56. The zero-order chi connectivity index (χ0) is 24.2. The van der Waals surface area contributed by atoms with E-state index in [4.69, 9.17) is 10.00 Å². The second-order valence-electron chi connectivity index (χ2n) is 7.31. The van der Waals surface area contributed by atoms with Gasteiger partial charge >= 0.3 is 6.03 Å². The maximum absolute atomic E-state index is 12.6. The van der Waals surface area contributed by atoms with E-state index in [9.17, 15) is 9.59 Å². The Morgan fingerprint density at radius 2 is 2.09 bits per heavy atom. The number of carbonyl (C=O) groups is 2. The van der Waals surface area contributed by atoms with Crippen molar-refractivity contribution in [2.45, 2.75) is 0 Å². The number of nitrogens with zero attached hydrogens (tertiary/aromatic N) is 8. The minimum absolute atomic E-state index is 0.0181. The quantitative estimate of drug-likeness (QED) is 0.492. The molecule has 1 saturated heterocycles. The van der Waals surface area contributed by atoms with Crippen LogP contribution in [0.3, 0.4) is 0 Å². The molecule has 2 N–H and O–H groups in total. The Balaban J connectivity index is 1.74. The predicted molar refractivity (Wildman–Crippen MR) is 122 cm³/mol. The van der Waals surface area contributed by atoms with Crippen molar-refractivity contribution in [3.63, 3.8) is 0 Å². The van der Waals surface area contributed by atoms with Gasteiger partial charge in [0.25, 0.3) is 5.91 Å². The number of hydrogen-bond donors (Lipinski definition) is 2. The second-order valence-corrected chi connectivity index (χ2v) is 7.31. The molecule has 0 atom stereocenters. The SMILES string of the molecule is CNC(=O)c1nnc(N2CCN(CC#N)C2=O)cc1Nc1cccc(-c2ncn(C)n2)c1OC. The molecule has 3 aromatic rings. The van der Waals surface area contributed by atoms with Gasteiger partial charge in [-0.15, -0.1) is 10.2 Å². The van der Waals surface area contributed by atoms with E-state index in [2.05, 4.69) is 30.9 Å². The van der Waals surface area contributed by atoms with E-state index >= 15 is 0 Å². The highest BCUT2D eigenvalue weighted by atomic mass is 16.5. The molecule has 4 rings (SSSR count). The molecule has 0 radical (unpaired) electrons. The zero-order valence-corrected chi connectivity index (χ0v) is 18.8. The first-order chi connectivity index (χ1) is 16.5. The Morgan fingerprint density at radius 1 is 1.26 bits per heavy atom. The smallest absolute Gasteiger partial charge is 0.326 e. The lowest BCUT2D eigenvalue weighted by atomic mass is 10.1. The molecule has 3 amide bonds. The average Bonchev–Trinajstić information content (AvgIpc) is 3.44. The number of para-hydroxylation sites is 1. The lowest BCUT2D eigenvalue weighted by Crippen LogP contribution is -2.33. The predicted octanol–water partition coefficient (Wildman–Crippen LogP) is 1.15. The number of aromatic nitrogens is 5. The molecule has 13 nitrogen and oxygen atoms in total. The summed E-state index contributed by atoms with van der Waals surface area (Å²) in [6.07, 6.45) is 1.58. The number of rotatable bonds is 7. The maximum atomic E-state index is 12.6. The summed E-state index contributed by atoms with van der Waals surface area (Å²) in [7, 11) is 4.78. The molecule has 1 fully saturated rings. The normalized spacial score (nSPS) is 13.1. The molecule has 3 heterocycles. The van der Waals surface area contributed by atoms with Crippen LogP contribution in [0.1, 0.15) is 10.5 Å². The van der Waals surface area contributed by atoms with E-state index in [1.165, 1.54) is 24.0 Å². The number of aryl methyl sites for hydroxylation is 1. The van der Waals surface area contributed by atoms with Gasteiger partial charge in [0.1, 0.15) is 12.9 Å². The minimum atomic E-state index is -0.457. The molecule has 34 heavy (non-hydrogen) atoms. The van der Waals surface area contributed by atoms with Crippen LogP contribution in [-0.2, 0) is 7.05 Å². The fourth-order valence-electron chi connectivity index (χ4n) is 3.56. The van der Waals surface area contributed by atoms with Gasteiger partial charge in [0.15, 0.2) is 23.1 Å². The lowest BCUT2D eigenvalue weighted by molar-refractivity contribution is 0.0958. The van der Waals surface area contributed by atoms with Gasteiger partial charge in [-0.2, -0.15) is 10.4 Å². The van der Waals surface area contributed by atoms with Crippen molar-refractivity contribution in [3.05, 3.63) is 36.3 Å². The third-order valence-electron chi connectivity index (χ3n) is 5.19. The summed E-state index contributed by atoms with van der Waals surface area (Å²) in [6.45, 7) is 0.717. The number of nitriles is 1. The molecule has 2 aromatic heterocycles. The first-order valence-corrected chi connectivity index (χ1v) is 10.3. The van der Waals surface area contributed by atoms with E-state index in [0.29, 0.717) is 41.6 Å². The van der Waals surface area contributed by atoms with Crippen molar-refractivity contribution in [3.8, 4) is 23.2 Å². The zero-order valence-electron chi connectivity index (χ0n) is 18.8. The van der Waals surface area contributed by atoms with Gasteiger partial charge in [0.2, 0.25) is 0 Å².